The van der Waals surface area contributed by atoms with E-state index in [0.29, 0.717) is 6.42 Å². The minimum Gasteiger partial charge on any atom is -0.480 e. The number of carbonyl (C=O) groups excluding carboxylic acids is 1. The molecule has 3 rings (SSSR count). The second kappa shape index (κ2) is 6.91. The summed E-state index contributed by atoms with van der Waals surface area (Å²) in [6.07, 6.45) is 2.34. The van der Waals surface area contributed by atoms with E-state index >= 15 is 0 Å². The number of hydrogen-bond acceptors (Lipinski definition) is 4. The van der Waals surface area contributed by atoms with Gasteiger partial charge in [0.25, 0.3) is 0 Å². The monoisotopic (exact) mass is 331 g/mol. The maximum absolute atomic E-state index is 12.5. The molecule has 1 amide bonds. The number of nitrogens with one attached hydrogen (secondary N) is 1. The van der Waals surface area contributed by atoms with E-state index in [-0.39, 0.29) is 18.0 Å². The van der Waals surface area contributed by atoms with Crippen molar-refractivity contribution in [3.8, 4) is 0 Å². The Balaban J connectivity index is 1.49. The van der Waals surface area contributed by atoms with E-state index in [1.807, 2.05) is 23.1 Å². The predicted molar refractivity (Wildman–Crippen MR) is 92.2 cm³/mol. The molecule has 0 aliphatic carbocycles. The molecule has 0 aromatic heterocycles. The SMILES string of the molecule is C[C@]1(NCC(=O)O)CCN(CCC(=O)N2CCc3ccccc32)C1. The van der Waals surface area contributed by atoms with Gasteiger partial charge in [-0.2, -0.15) is 0 Å². The van der Waals surface area contributed by atoms with Gasteiger partial charge in [0.05, 0.1) is 6.54 Å². The number of fused-ring (bicyclic) bond motifs is 1. The van der Waals surface area contributed by atoms with Gasteiger partial charge in [-0.15, -0.1) is 0 Å². The molecular weight excluding hydrogens is 306 g/mol. The van der Waals surface area contributed by atoms with Crippen LogP contribution < -0.4 is 10.2 Å². The zero-order valence-electron chi connectivity index (χ0n) is 14.1. The molecule has 2 aliphatic rings. The van der Waals surface area contributed by atoms with Crippen LogP contribution >= 0.6 is 0 Å². The van der Waals surface area contributed by atoms with Gasteiger partial charge in [-0.1, -0.05) is 18.2 Å². The lowest BCUT2D eigenvalue weighted by Crippen LogP contribution is -2.47. The number of hydrogen-bond donors (Lipinski definition) is 2. The summed E-state index contributed by atoms with van der Waals surface area (Å²) >= 11 is 0. The molecule has 0 saturated carbocycles. The van der Waals surface area contributed by atoms with Gasteiger partial charge in [0.2, 0.25) is 5.91 Å². The Morgan fingerprint density at radius 1 is 1.29 bits per heavy atom. The minimum absolute atomic E-state index is 0.0200. The normalized spacial score (nSPS) is 23.5. The van der Waals surface area contributed by atoms with Gasteiger partial charge in [-0.25, -0.2) is 0 Å². The lowest BCUT2D eigenvalue weighted by Gasteiger charge is -2.26. The van der Waals surface area contributed by atoms with Gasteiger partial charge >= 0.3 is 5.97 Å². The third-order valence-corrected chi connectivity index (χ3v) is 5.05. The number of aliphatic carboxylic acids is 1. The van der Waals surface area contributed by atoms with E-state index < -0.39 is 5.97 Å². The molecule has 2 heterocycles. The van der Waals surface area contributed by atoms with Crippen molar-refractivity contribution in [2.24, 2.45) is 0 Å². The number of anilines is 1. The van der Waals surface area contributed by atoms with Crippen LogP contribution in [0.5, 0.6) is 0 Å². The zero-order valence-corrected chi connectivity index (χ0v) is 14.1. The summed E-state index contributed by atoms with van der Waals surface area (Å²) in [4.78, 5) is 27.4. The third-order valence-electron chi connectivity index (χ3n) is 5.05. The number of carbonyl (C=O) groups is 2. The summed E-state index contributed by atoms with van der Waals surface area (Å²) in [7, 11) is 0. The molecule has 130 valence electrons. The Bertz CT molecular complexity index is 634. The van der Waals surface area contributed by atoms with Crippen molar-refractivity contribution in [1.29, 1.82) is 0 Å². The highest BCUT2D eigenvalue weighted by molar-refractivity contribution is 5.95. The second-order valence-corrected chi connectivity index (χ2v) is 7.01. The van der Waals surface area contributed by atoms with Crippen LogP contribution in [0.1, 0.15) is 25.3 Å². The lowest BCUT2D eigenvalue weighted by atomic mass is 10.0. The summed E-state index contributed by atoms with van der Waals surface area (Å²) < 4.78 is 0. The maximum Gasteiger partial charge on any atom is 0.317 e. The number of amides is 1. The van der Waals surface area contributed by atoms with E-state index in [4.69, 9.17) is 5.11 Å². The summed E-state index contributed by atoms with van der Waals surface area (Å²) in [6.45, 7) is 5.21. The van der Waals surface area contributed by atoms with Gasteiger partial charge in [0.1, 0.15) is 0 Å². The van der Waals surface area contributed by atoms with E-state index in [0.717, 1.165) is 44.7 Å². The molecule has 1 aromatic rings. The average molecular weight is 331 g/mol. The lowest BCUT2D eigenvalue weighted by molar-refractivity contribution is -0.136. The van der Waals surface area contributed by atoms with E-state index in [9.17, 15) is 9.59 Å². The van der Waals surface area contributed by atoms with Gasteiger partial charge in [0.15, 0.2) is 0 Å². The van der Waals surface area contributed by atoms with Crippen molar-refractivity contribution in [3.63, 3.8) is 0 Å². The molecule has 24 heavy (non-hydrogen) atoms. The van der Waals surface area contributed by atoms with E-state index in [1.165, 1.54) is 5.56 Å². The molecule has 0 unspecified atom stereocenters. The highest BCUT2D eigenvalue weighted by Gasteiger charge is 2.34. The highest BCUT2D eigenvalue weighted by atomic mass is 16.4. The molecule has 0 bridgehead atoms. The first-order valence-corrected chi connectivity index (χ1v) is 8.54. The fraction of sp³-hybridized carbons (Fsp3) is 0.556. The summed E-state index contributed by atoms with van der Waals surface area (Å²) in [5.74, 6) is -0.662. The Kier molecular flexibility index (Phi) is 4.87. The first kappa shape index (κ1) is 16.9. The molecule has 2 N–H and O–H groups in total. The average Bonchev–Trinajstić information content (AvgIpc) is 3.15. The predicted octanol–water partition coefficient (Wildman–Crippen LogP) is 1.10. The Labute approximate surface area is 142 Å². The molecule has 6 heteroatoms. The maximum atomic E-state index is 12.5. The van der Waals surface area contributed by atoms with Crippen molar-refractivity contribution in [2.75, 3.05) is 37.6 Å². The molecule has 1 aromatic carbocycles. The van der Waals surface area contributed by atoms with E-state index in [1.54, 1.807) is 0 Å². The fourth-order valence-corrected chi connectivity index (χ4v) is 3.67. The molecule has 1 atom stereocenters. The smallest absolute Gasteiger partial charge is 0.317 e. The van der Waals surface area contributed by atoms with Crippen LogP contribution in [-0.2, 0) is 16.0 Å². The Morgan fingerprint density at radius 3 is 2.88 bits per heavy atom. The van der Waals surface area contributed by atoms with Crippen molar-refractivity contribution in [3.05, 3.63) is 29.8 Å². The first-order chi connectivity index (χ1) is 11.5. The van der Waals surface area contributed by atoms with Crippen LogP contribution in [-0.4, -0.2) is 60.1 Å². The van der Waals surface area contributed by atoms with Crippen LogP contribution in [0.4, 0.5) is 5.69 Å². The van der Waals surface area contributed by atoms with Crippen LogP contribution in [0.3, 0.4) is 0 Å². The molecule has 1 saturated heterocycles. The topological polar surface area (TPSA) is 72.9 Å². The van der Waals surface area contributed by atoms with Gasteiger partial charge in [-0.3, -0.25) is 9.59 Å². The molecule has 0 radical (unpaired) electrons. The van der Waals surface area contributed by atoms with Crippen molar-refractivity contribution >= 4 is 17.6 Å². The fourth-order valence-electron chi connectivity index (χ4n) is 3.67. The van der Waals surface area contributed by atoms with Crippen molar-refractivity contribution in [2.45, 2.75) is 31.7 Å². The number of carboxylic acid groups (broad SMARTS) is 1. The molecule has 0 spiro atoms. The van der Waals surface area contributed by atoms with E-state index in [2.05, 4.69) is 23.2 Å². The largest absolute Gasteiger partial charge is 0.480 e. The standard InChI is InChI=1S/C18H25N3O3/c1-18(19-12-17(23)24)8-11-20(13-18)9-7-16(22)21-10-6-14-4-2-3-5-15(14)21/h2-5,19H,6-13H2,1H3,(H,23,24)/t18-/m0/s1. The molecule has 1 fully saturated rings. The first-order valence-electron chi connectivity index (χ1n) is 8.54. The number of carboxylic acids is 1. The van der Waals surface area contributed by atoms with Gasteiger partial charge < -0.3 is 20.2 Å². The number of rotatable bonds is 6. The van der Waals surface area contributed by atoms with Crippen molar-refractivity contribution in [1.82, 2.24) is 10.2 Å². The number of nitrogens with zero attached hydrogens (tertiary/aromatic N) is 2. The molecule has 2 aliphatic heterocycles. The molecule has 6 nitrogen and oxygen atoms in total. The zero-order chi connectivity index (χ0) is 17.2. The number of likely N-dealkylation sites (tertiary alicyclic amines) is 1. The number of benzene rings is 1. The summed E-state index contributed by atoms with van der Waals surface area (Å²) in [6, 6.07) is 8.10. The summed E-state index contributed by atoms with van der Waals surface area (Å²) in [5.41, 5.74) is 2.12. The van der Waals surface area contributed by atoms with Gasteiger partial charge in [0, 0.05) is 43.8 Å². The van der Waals surface area contributed by atoms with Gasteiger partial charge in [-0.05, 0) is 31.4 Å². The highest BCUT2D eigenvalue weighted by Crippen LogP contribution is 2.28. The molecular formula is C18H25N3O3. The quantitative estimate of drug-likeness (QED) is 0.817. The minimum atomic E-state index is -0.836. The Hall–Kier alpha value is -1.92. The van der Waals surface area contributed by atoms with Crippen molar-refractivity contribution < 1.29 is 14.7 Å². The van der Waals surface area contributed by atoms with Crippen LogP contribution in [0, 0.1) is 0 Å². The number of para-hydroxylation sites is 1. The van der Waals surface area contributed by atoms with Crippen LogP contribution in [0.2, 0.25) is 0 Å². The second-order valence-electron chi connectivity index (χ2n) is 7.01. The Morgan fingerprint density at radius 2 is 2.08 bits per heavy atom. The third kappa shape index (κ3) is 3.76. The van der Waals surface area contributed by atoms with Crippen LogP contribution in [0.15, 0.2) is 24.3 Å². The van der Waals surface area contributed by atoms with Crippen LogP contribution in [0.25, 0.3) is 0 Å². The summed E-state index contributed by atoms with van der Waals surface area (Å²) in [5, 5.41) is 11.9.